The molecule has 2 atom stereocenters. The van der Waals surface area contributed by atoms with Crippen LogP contribution in [0.4, 0.5) is 4.79 Å². The molecule has 2 heterocycles. The van der Waals surface area contributed by atoms with Gasteiger partial charge in [0.05, 0.1) is 12.6 Å². The predicted molar refractivity (Wildman–Crippen MR) is 117 cm³/mol. The number of aromatic nitrogens is 1. The number of pyridine rings is 1. The van der Waals surface area contributed by atoms with Gasteiger partial charge in [0.25, 0.3) is 0 Å². The summed E-state index contributed by atoms with van der Waals surface area (Å²) in [5, 5.41) is 14.9. The van der Waals surface area contributed by atoms with Gasteiger partial charge in [-0.15, -0.1) is 0 Å². The molecule has 2 unspecified atom stereocenters. The fourth-order valence-electron chi connectivity index (χ4n) is 3.95. The number of aliphatic hydroxyl groups is 1. The smallest absolute Gasteiger partial charge is 0.407 e. The molecule has 1 saturated heterocycles. The van der Waals surface area contributed by atoms with Crippen LogP contribution in [0.3, 0.4) is 0 Å². The van der Waals surface area contributed by atoms with E-state index >= 15 is 0 Å². The number of fused-ring (bicyclic) bond motifs is 1. The van der Waals surface area contributed by atoms with Gasteiger partial charge >= 0.3 is 6.09 Å². The SMILES string of the molecule is COc1ccc2nccc(CC(O)N3CCCCC3CNC(=O)OC(C)(C)C)c2c1. The Labute approximate surface area is 178 Å². The van der Waals surface area contributed by atoms with Gasteiger partial charge < -0.3 is 19.9 Å². The summed E-state index contributed by atoms with van der Waals surface area (Å²) in [6.45, 7) is 6.79. The number of likely N-dealkylation sites (tertiary alicyclic amines) is 1. The fraction of sp³-hybridized carbons (Fsp3) is 0.565. The van der Waals surface area contributed by atoms with E-state index in [-0.39, 0.29) is 6.04 Å². The maximum atomic E-state index is 12.0. The average molecular weight is 416 g/mol. The van der Waals surface area contributed by atoms with Gasteiger partial charge in [0.1, 0.15) is 17.6 Å². The molecule has 1 aliphatic rings. The van der Waals surface area contributed by atoms with Crippen molar-refractivity contribution in [2.75, 3.05) is 20.2 Å². The summed E-state index contributed by atoms with van der Waals surface area (Å²) < 4.78 is 10.7. The normalized spacial score (nSPS) is 18.8. The Balaban J connectivity index is 1.69. The van der Waals surface area contributed by atoms with Crippen LogP contribution >= 0.6 is 0 Å². The number of rotatable bonds is 6. The zero-order valence-corrected chi connectivity index (χ0v) is 18.4. The number of hydrogen-bond acceptors (Lipinski definition) is 6. The van der Waals surface area contributed by atoms with E-state index in [1.165, 1.54) is 0 Å². The zero-order valence-electron chi connectivity index (χ0n) is 18.4. The van der Waals surface area contributed by atoms with Crippen molar-refractivity contribution in [3.63, 3.8) is 0 Å². The molecule has 2 N–H and O–H groups in total. The van der Waals surface area contributed by atoms with Crippen molar-refractivity contribution < 1.29 is 19.4 Å². The lowest BCUT2D eigenvalue weighted by atomic mass is 9.99. The highest BCUT2D eigenvalue weighted by atomic mass is 16.6. The minimum absolute atomic E-state index is 0.0731. The van der Waals surface area contributed by atoms with E-state index in [1.807, 2.05) is 45.0 Å². The van der Waals surface area contributed by atoms with Crippen molar-refractivity contribution in [1.29, 1.82) is 0 Å². The molecule has 1 fully saturated rings. The first-order valence-corrected chi connectivity index (χ1v) is 10.6. The van der Waals surface area contributed by atoms with Crippen molar-refractivity contribution >= 4 is 17.0 Å². The molecule has 1 aromatic carbocycles. The van der Waals surface area contributed by atoms with Gasteiger partial charge in [-0.05, 0) is 63.4 Å². The van der Waals surface area contributed by atoms with E-state index in [1.54, 1.807) is 13.3 Å². The number of methoxy groups -OCH3 is 1. The highest BCUT2D eigenvalue weighted by molar-refractivity contribution is 5.83. The van der Waals surface area contributed by atoms with Gasteiger partial charge in [-0.2, -0.15) is 0 Å². The summed E-state index contributed by atoms with van der Waals surface area (Å²) in [7, 11) is 1.64. The molecular formula is C23H33N3O4. The Morgan fingerprint density at radius 1 is 1.33 bits per heavy atom. The number of aliphatic hydroxyl groups excluding tert-OH is 1. The third kappa shape index (κ3) is 5.83. The van der Waals surface area contributed by atoms with Crippen LogP contribution in [-0.4, -0.2) is 59.2 Å². The van der Waals surface area contributed by atoms with Gasteiger partial charge in [0.15, 0.2) is 0 Å². The minimum atomic E-state index is -0.646. The number of hydrogen-bond donors (Lipinski definition) is 2. The molecule has 0 bridgehead atoms. The second-order valence-corrected chi connectivity index (χ2v) is 8.81. The number of carbonyl (C=O) groups excluding carboxylic acids is 1. The molecule has 0 spiro atoms. The molecule has 1 aliphatic heterocycles. The lowest BCUT2D eigenvalue weighted by Gasteiger charge is -2.39. The molecule has 7 heteroatoms. The van der Waals surface area contributed by atoms with Crippen molar-refractivity contribution in [1.82, 2.24) is 15.2 Å². The van der Waals surface area contributed by atoms with Crippen LogP contribution in [-0.2, 0) is 11.2 Å². The van der Waals surface area contributed by atoms with E-state index in [2.05, 4.69) is 15.2 Å². The zero-order chi connectivity index (χ0) is 21.7. The highest BCUT2D eigenvalue weighted by Crippen LogP contribution is 2.26. The quantitative estimate of drug-likeness (QED) is 0.751. The second kappa shape index (κ2) is 9.62. The number of nitrogens with zero attached hydrogens (tertiary/aromatic N) is 2. The van der Waals surface area contributed by atoms with Crippen LogP contribution in [0, 0.1) is 0 Å². The standard InChI is InChI=1S/C23H33N3O4/c1-23(2,3)30-22(28)25-15-17-7-5-6-12-26(17)21(27)13-16-10-11-24-20-9-8-18(29-4)14-19(16)20/h8-11,14,17,21,27H,5-7,12-13,15H2,1-4H3,(H,25,28). The van der Waals surface area contributed by atoms with Crippen LogP contribution in [0.2, 0.25) is 0 Å². The predicted octanol–water partition coefficient (Wildman–Crippen LogP) is 3.48. The molecule has 0 aliphatic carbocycles. The number of carbonyl (C=O) groups is 1. The monoisotopic (exact) mass is 415 g/mol. The molecule has 0 radical (unpaired) electrons. The molecule has 1 aromatic heterocycles. The van der Waals surface area contributed by atoms with Crippen molar-refractivity contribution in [2.45, 2.75) is 64.3 Å². The number of nitrogens with one attached hydrogen (secondary N) is 1. The first-order chi connectivity index (χ1) is 14.3. The van der Waals surface area contributed by atoms with E-state index in [0.29, 0.717) is 13.0 Å². The third-order valence-electron chi connectivity index (χ3n) is 5.38. The van der Waals surface area contributed by atoms with Crippen LogP contribution in [0.5, 0.6) is 5.75 Å². The number of alkyl carbamates (subject to hydrolysis) is 1. The van der Waals surface area contributed by atoms with E-state index in [4.69, 9.17) is 9.47 Å². The Morgan fingerprint density at radius 3 is 2.87 bits per heavy atom. The van der Waals surface area contributed by atoms with Gasteiger partial charge in [-0.1, -0.05) is 6.42 Å². The fourth-order valence-corrected chi connectivity index (χ4v) is 3.95. The number of piperidine rings is 1. The molecule has 164 valence electrons. The number of amides is 1. The highest BCUT2D eigenvalue weighted by Gasteiger charge is 2.29. The summed E-state index contributed by atoms with van der Waals surface area (Å²) >= 11 is 0. The Morgan fingerprint density at radius 2 is 2.13 bits per heavy atom. The maximum Gasteiger partial charge on any atom is 0.407 e. The van der Waals surface area contributed by atoms with Crippen LogP contribution in [0.15, 0.2) is 30.5 Å². The summed E-state index contributed by atoms with van der Waals surface area (Å²) in [4.78, 5) is 18.6. The lowest BCUT2D eigenvalue weighted by molar-refractivity contribution is -0.0397. The maximum absolute atomic E-state index is 12.0. The van der Waals surface area contributed by atoms with Crippen LogP contribution in [0.1, 0.15) is 45.6 Å². The summed E-state index contributed by atoms with van der Waals surface area (Å²) in [5.41, 5.74) is 1.37. The second-order valence-electron chi connectivity index (χ2n) is 8.81. The van der Waals surface area contributed by atoms with Crippen LogP contribution < -0.4 is 10.1 Å². The summed E-state index contributed by atoms with van der Waals surface area (Å²) in [5.74, 6) is 0.767. The Bertz CT molecular complexity index is 865. The van der Waals surface area contributed by atoms with Gasteiger partial charge in [0, 0.05) is 37.1 Å². The summed E-state index contributed by atoms with van der Waals surface area (Å²) in [6, 6.07) is 7.80. The molecule has 0 saturated carbocycles. The van der Waals surface area contributed by atoms with Gasteiger partial charge in [-0.25, -0.2) is 4.79 Å². The largest absolute Gasteiger partial charge is 0.497 e. The topological polar surface area (TPSA) is 83.9 Å². The Kier molecular flexibility index (Phi) is 7.15. The molecular weight excluding hydrogens is 382 g/mol. The van der Waals surface area contributed by atoms with Crippen molar-refractivity contribution in [3.05, 3.63) is 36.0 Å². The third-order valence-corrected chi connectivity index (χ3v) is 5.38. The lowest BCUT2D eigenvalue weighted by Crippen LogP contribution is -2.52. The summed E-state index contributed by atoms with van der Waals surface area (Å²) in [6.07, 6.45) is 4.23. The van der Waals surface area contributed by atoms with Crippen molar-refractivity contribution in [2.24, 2.45) is 0 Å². The Hall–Kier alpha value is -2.38. The molecule has 1 amide bonds. The van der Waals surface area contributed by atoms with E-state index < -0.39 is 17.9 Å². The minimum Gasteiger partial charge on any atom is -0.497 e. The van der Waals surface area contributed by atoms with Gasteiger partial charge in [-0.3, -0.25) is 9.88 Å². The van der Waals surface area contributed by atoms with Gasteiger partial charge in [0.2, 0.25) is 0 Å². The number of benzene rings is 1. The molecule has 7 nitrogen and oxygen atoms in total. The molecule has 3 rings (SSSR count). The first-order valence-electron chi connectivity index (χ1n) is 10.6. The molecule has 2 aromatic rings. The first kappa shape index (κ1) is 22.3. The number of ether oxygens (including phenoxy) is 2. The average Bonchev–Trinajstić information content (AvgIpc) is 2.71. The van der Waals surface area contributed by atoms with E-state index in [0.717, 1.165) is 48.0 Å². The van der Waals surface area contributed by atoms with Crippen LogP contribution in [0.25, 0.3) is 10.9 Å². The van der Waals surface area contributed by atoms with Crippen molar-refractivity contribution in [3.8, 4) is 5.75 Å². The molecule has 30 heavy (non-hydrogen) atoms. The van der Waals surface area contributed by atoms with E-state index in [9.17, 15) is 9.90 Å².